The number of esters is 1. The molecule has 1 aliphatic rings. The SMILES string of the molecule is CCOc1cc(/C=c2\sc3n(c2=O)[C@@H](c2ccccc2)C(C(=O)OC)=C(CC)N=3)cc(Cl)c1OCC. The van der Waals surface area contributed by atoms with Crippen molar-refractivity contribution in [3.8, 4) is 11.5 Å². The molecule has 188 valence electrons. The molecule has 0 fully saturated rings. The first-order valence-electron chi connectivity index (χ1n) is 11.7. The summed E-state index contributed by atoms with van der Waals surface area (Å²) in [6, 6.07) is 12.3. The van der Waals surface area contributed by atoms with Crippen molar-refractivity contribution in [2.75, 3.05) is 20.3 Å². The average molecular weight is 527 g/mol. The molecule has 0 saturated carbocycles. The number of carbonyl (C=O) groups is 1. The molecule has 7 nitrogen and oxygen atoms in total. The molecule has 0 amide bonds. The maximum absolute atomic E-state index is 13.7. The highest BCUT2D eigenvalue weighted by atomic mass is 35.5. The molecule has 1 aromatic heterocycles. The first-order valence-corrected chi connectivity index (χ1v) is 12.9. The fraction of sp³-hybridized carbons (Fsp3) is 0.296. The van der Waals surface area contributed by atoms with Gasteiger partial charge in [0.15, 0.2) is 16.3 Å². The second kappa shape index (κ2) is 11.1. The summed E-state index contributed by atoms with van der Waals surface area (Å²) < 4.78 is 18.5. The van der Waals surface area contributed by atoms with E-state index in [1.165, 1.54) is 18.4 Å². The van der Waals surface area contributed by atoms with Crippen molar-refractivity contribution in [3.63, 3.8) is 0 Å². The maximum Gasteiger partial charge on any atom is 0.338 e. The normalized spacial score (nSPS) is 15.4. The van der Waals surface area contributed by atoms with E-state index >= 15 is 0 Å². The molecule has 2 heterocycles. The van der Waals surface area contributed by atoms with Crippen molar-refractivity contribution in [1.82, 2.24) is 4.57 Å². The predicted molar refractivity (Wildman–Crippen MR) is 141 cm³/mol. The Hall–Kier alpha value is -3.36. The molecular weight excluding hydrogens is 500 g/mol. The average Bonchev–Trinajstić information content (AvgIpc) is 3.19. The molecule has 2 aromatic carbocycles. The maximum atomic E-state index is 13.7. The van der Waals surface area contributed by atoms with Gasteiger partial charge in [0, 0.05) is 0 Å². The van der Waals surface area contributed by atoms with Crippen LogP contribution in [0.5, 0.6) is 11.5 Å². The number of halogens is 1. The fourth-order valence-electron chi connectivity index (χ4n) is 4.18. The van der Waals surface area contributed by atoms with Gasteiger partial charge in [-0.25, -0.2) is 9.79 Å². The van der Waals surface area contributed by atoms with Crippen LogP contribution < -0.4 is 24.4 Å². The number of fused-ring (bicyclic) bond motifs is 1. The monoisotopic (exact) mass is 526 g/mol. The van der Waals surface area contributed by atoms with Crippen LogP contribution in [0, 0.1) is 0 Å². The van der Waals surface area contributed by atoms with E-state index in [2.05, 4.69) is 4.99 Å². The van der Waals surface area contributed by atoms with Crippen LogP contribution in [0.4, 0.5) is 0 Å². The summed E-state index contributed by atoms with van der Waals surface area (Å²) in [7, 11) is 1.33. The molecular formula is C27H27ClN2O5S. The van der Waals surface area contributed by atoms with Gasteiger partial charge in [-0.15, -0.1) is 0 Å². The summed E-state index contributed by atoms with van der Waals surface area (Å²) in [6.45, 7) is 6.56. The Morgan fingerprint density at radius 2 is 1.86 bits per heavy atom. The van der Waals surface area contributed by atoms with Crippen LogP contribution in [-0.4, -0.2) is 30.9 Å². The molecule has 4 rings (SSSR count). The Labute approximate surface area is 217 Å². The number of hydrogen-bond acceptors (Lipinski definition) is 7. The predicted octanol–water partition coefficient (Wildman–Crippen LogP) is 4.25. The fourth-order valence-corrected chi connectivity index (χ4v) is 5.48. The van der Waals surface area contributed by atoms with E-state index < -0.39 is 12.0 Å². The summed E-state index contributed by atoms with van der Waals surface area (Å²) in [6.07, 6.45) is 2.27. The van der Waals surface area contributed by atoms with Crippen molar-refractivity contribution in [2.45, 2.75) is 33.2 Å². The molecule has 0 spiro atoms. The lowest BCUT2D eigenvalue weighted by molar-refractivity contribution is -0.136. The minimum atomic E-state index is -0.644. The van der Waals surface area contributed by atoms with Crippen molar-refractivity contribution in [2.24, 2.45) is 4.99 Å². The van der Waals surface area contributed by atoms with Crippen LogP contribution in [0.25, 0.3) is 6.08 Å². The van der Waals surface area contributed by atoms with Gasteiger partial charge in [0.05, 0.1) is 47.2 Å². The second-order valence-electron chi connectivity index (χ2n) is 7.89. The topological polar surface area (TPSA) is 79.1 Å². The van der Waals surface area contributed by atoms with E-state index in [0.717, 1.165) is 5.56 Å². The van der Waals surface area contributed by atoms with E-state index in [1.807, 2.05) is 51.1 Å². The third-order valence-electron chi connectivity index (χ3n) is 5.68. The van der Waals surface area contributed by atoms with Crippen LogP contribution in [0.3, 0.4) is 0 Å². The standard InChI is InChI=1S/C27H27ClN2O5S/c1-5-19-22(26(32)33-4)23(17-11-9-8-10-12-17)30-25(31)21(36-27(30)29-19)15-16-13-18(28)24(35-7-3)20(14-16)34-6-2/h8-15,23H,5-7H2,1-4H3/b21-15-/t23-/m0/s1. The van der Waals surface area contributed by atoms with Crippen molar-refractivity contribution < 1.29 is 19.0 Å². The minimum Gasteiger partial charge on any atom is -0.490 e. The number of rotatable bonds is 8. The van der Waals surface area contributed by atoms with Crippen LogP contribution in [0.2, 0.25) is 5.02 Å². The number of ether oxygens (including phenoxy) is 3. The highest BCUT2D eigenvalue weighted by Crippen LogP contribution is 2.37. The number of allylic oxidation sites excluding steroid dienone is 1. The van der Waals surface area contributed by atoms with Crippen molar-refractivity contribution in [1.29, 1.82) is 0 Å². The van der Waals surface area contributed by atoms with Gasteiger partial charge in [-0.3, -0.25) is 9.36 Å². The molecule has 0 radical (unpaired) electrons. The third-order valence-corrected chi connectivity index (χ3v) is 6.95. The lowest BCUT2D eigenvalue weighted by Gasteiger charge is -2.25. The van der Waals surface area contributed by atoms with Crippen LogP contribution in [-0.2, 0) is 9.53 Å². The summed E-state index contributed by atoms with van der Waals surface area (Å²) in [5.74, 6) is 0.478. The number of methoxy groups -OCH3 is 1. The van der Waals surface area contributed by atoms with Crippen molar-refractivity contribution >= 4 is 35.0 Å². The van der Waals surface area contributed by atoms with Gasteiger partial charge in [0.25, 0.3) is 5.56 Å². The number of nitrogens with zero attached hydrogens (tertiary/aromatic N) is 2. The van der Waals surface area contributed by atoms with Gasteiger partial charge in [-0.2, -0.15) is 0 Å². The second-order valence-corrected chi connectivity index (χ2v) is 9.31. The van der Waals surface area contributed by atoms with Gasteiger partial charge in [-0.05, 0) is 49.6 Å². The summed E-state index contributed by atoms with van der Waals surface area (Å²) in [5.41, 5.74) is 2.21. The Morgan fingerprint density at radius 3 is 2.50 bits per heavy atom. The van der Waals surface area contributed by atoms with Crippen molar-refractivity contribution in [3.05, 3.63) is 89.6 Å². The first kappa shape index (κ1) is 25.7. The number of hydrogen-bond donors (Lipinski definition) is 0. The summed E-state index contributed by atoms with van der Waals surface area (Å²) in [5, 5.41) is 0.394. The van der Waals surface area contributed by atoms with Gasteiger partial charge in [0.1, 0.15) is 0 Å². The Kier molecular flexibility index (Phi) is 7.96. The van der Waals surface area contributed by atoms with E-state index in [0.29, 0.717) is 62.3 Å². The van der Waals surface area contributed by atoms with Gasteiger partial charge in [-0.1, -0.05) is 60.2 Å². The van der Waals surface area contributed by atoms with E-state index in [-0.39, 0.29) is 5.56 Å². The van der Waals surface area contributed by atoms with E-state index in [4.69, 9.17) is 25.8 Å². The minimum absolute atomic E-state index is 0.257. The number of thiazole rings is 1. The highest BCUT2D eigenvalue weighted by molar-refractivity contribution is 7.07. The molecule has 1 aliphatic heterocycles. The van der Waals surface area contributed by atoms with Gasteiger partial charge < -0.3 is 14.2 Å². The molecule has 36 heavy (non-hydrogen) atoms. The highest BCUT2D eigenvalue weighted by Gasteiger charge is 2.33. The first-order chi connectivity index (χ1) is 17.4. The number of carbonyl (C=O) groups excluding carboxylic acids is 1. The van der Waals surface area contributed by atoms with E-state index in [9.17, 15) is 9.59 Å². The Bertz CT molecular complexity index is 1490. The number of benzene rings is 2. The summed E-state index contributed by atoms with van der Waals surface area (Å²) in [4.78, 5) is 31.8. The largest absolute Gasteiger partial charge is 0.490 e. The van der Waals surface area contributed by atoms with E-state index in [1.54, 1.807) is 22.8 Å². The van der Waals surface area contributed by atoms with Gasteiger partial charge >= 0.3 is 5.97 Å². The Balaban J connectivity index is 1.94. The summed E-state index contributed by atoms with van der Waals surface area (Å²) >= 11 is 7.75. The van der Waals surface area contributed by atoms with Crippen LogP contribution in [0.15, 0.2) is 63.5 Å². The number of aromatic nitrogens is 1. The lowest BCUT2D eigenvalue weighted by Crippen LogP contribution is -2.40. The molecule has 3 aromatic rings. The molecule has 0 bridgehead atoms. The van der Waals surface area contributed by atoms with Crippen LogP contribution >= 0.6 is 22.9 Å². The molecule has 0 saturated heterocycles. The third kappa shape index (κ3) is 4.83. The zero-order valence-corrected chi connectivity index (χ0v) is 22.1. The lowest BCUT2D eigenvalue weighted by atomic mass is 9.95. The molecule has 0 unspecified atom stereocenters. The quantitative estimate of drug-likeness (QED) is 0.410. The molecule has 0 aliphatic carbocycles. The molecule has 9 heteroatoms. The zero-order chi connectivity index (χ0) is 25.8. The smallest absolute Gasteiger partial charge is 0.338 e. The van der Waals surface area contributed by atoms with Gasteiger partial charge in [0.2, 0.25) is 0 Å². The Morgan fingerprint density at radius 1 is 1.14 bits per heavy atom. The molecule has 1 atom stereocenters. The zero-order valence-electron chi connectivity index (χ0n) is 20.5. The van der Waals surface area contributed by atoms with Crippen LogP contribution in [0.1, 0.15) is 44.4 Å². The molecule has 0 N–H and O–H groups in total.